The monoisotopic (exact) mass is 453 g/mol. The SMILES string of the molecule is [C-]#[N+]c1cc(NC(=O)N(C)C2CN(CCO)Cc3[nH]c(=O)c4cc(F)ccc4c32)ccc1F. The Balaban J connectivity index is 1.74. The number of aliphatic hydroxyl groups is 1. The van der Waals surface area contributed by atoms with Crippen LogP contribution >= 0.6 is 0 Å². The van der Waals surface area contributed by atoms with Crippen LogP contribution in [-0.4, -0.2) is 52.7 Å². The number of carbonyl (C=O) groups excluding carboxylic acids is 1. The number of urea groups is 1. The second-order valence-electron chi connectivity index (χ2n) is 7.83. The van der Waals surface area contributed by atoms with Gasteiger partial charge in [0.2, 0.25) is 5.69 Å². The molecule has 0 bridgehead atoms. The highest BCUT2D eigenvalue weighted by atomic mass is 19.1. The molecule has 1 unspecified atom stereocenters. The number of pyridine rings is 1. The summed E-state index contributed by atoms with van der Waals surface area (Å²) in [5.74, 6) is -1.22. The predicted octanol–water partition coefficient (Wildman–Crippen LogP) is 3.37. The summed E-state index contributed by atoms with van der Waals surface area (Å²) in [6, 6.07) is 6.62. The van der Waals surface area contributed by atoms with Crippen molar-refractivity contribution >= 4 is 28.2 Å². The summed E-state index contributed by atoms with van der Waals surface area (Å²) in [5, 5.41) is 12.8. The van der Waals surface area contributed by atoms with Crippen molar-refractivity contribution in [2.24, 2.45) is 0 Å². The number of hydrogen-bond acceptors (Lipinski definition) is 4. The third-order valence-corrected chi connectivity index (χ3v) is 5.77. The first-order valence-electron chi connectivity index (χ1n) is 10.2. The quantitative estimate of drug-likeness (QED) is 0.528. The van der Waals surface area contributed by atoms with E-state index in [1.165, 1.54) is 29.2 Å². The van der Waals surface area contributed by atoms with Gasteiger partial charge in [0.25, 0.3) is 5.56 Å². The Labute approximate surface area is 187 Å². The van der Waals surface area contributed by atoms with Crippen LogP contribution in [0.3, 0.4) is 0 Å². The maximum absolute atomic E-state index is 13.8. The first-order chi connectivity index (χ1) is 15.8. The van der Waals surface area contributed by atoms with Crippen LogP contribution in [-0.2, 0) is 6.54 Å². The largest absolute Gasteiger partial charge is 0.395 e. The maximum Gasteiger partial charge on any atom is 0.322 e. The van der Waals surface area contributed by atoms with Gasteiger partial charge in [-0.3, -0.25) is 9.69 Å². The highest BCUT2D eigenvalue weighted by Gasteiger charge is 2.33. The van der Waals surface area contributed by atoms with Gasteiger partial charge < -0.3 is 20.3 Å². The van der Waals surface area contributed by atoms with E-state index in [2.05, 4.69) is 15.1 Å². The van der Waals surface area contributed by atoms with Gasteiger partial charge in [0, 0.05) is 43.6 Å². The van der Waals surface area contributed by atoms with E-state index in [-0.39, 0.29) is 23.4 Å². The molecule has 10 heteroatoms. The Kier molecular flexibility index (Phi) is 6.09. The van der Waals surface area contributed by atoms with Crippen LogP contribution in [0.1, 0.15) is 17.3 Å². The molecule has 170 valence electrons. The highest BCUT2D eigenvalue weighted by molar-refractivity contribution is 5.91. The van der Waals surface area contributed by atoms with Crippen LogP contribution < -0.4 is 10.9 Å². The number of hydrogen-bond donors (Lipinski definition) is 3. The summed E-state index contributed by atoms with van der Waals surface area (Å²) in [6.07, 6.45) is 0. The molecule has 0 radical (unpaired) electrons. The van der Waals surface area contributed by atoms with Crippen molar-refractivity contribution < 1.29 is 18.7 Å². The molecule has 4 rings (SSSR count). The molecule has 2 amide bonds. The van der Waals surface area contributed by atoms with Gasteiger partial charge in [-0.1, -0.05) is 6.07 Å². The number of β-amino-alcohol motifs (C(OH)–C–C–N with tert-alkyl or cyclic N) is 1. The van der Waals surface area contributed by atoms with Crippen molar-refractivity contribution in [1.82, 2.24) is 14.8 Å². The molecule has 0 spiro atoms. The molecule has 3 aromatic rings. The van der Waals surface area contributed by atoms with E-state index < -0.39 is 29.3 Å². The molecule has 8 nitrogen and oxygen atoms in total. The van der Waals surface area contributed by atoms with Gasteiger partial charge in [-0.2, -0.15) is 0 Å². The fourth-order valence-corrected chi connectivity index (χ4v) is 4.16. The average Bonchev–Trinajstić information content (AvgIpc) is 2.79. The molecule has 1 aliphatic heterocycles. The smallest absolute Gasteiger partial charge is 0.322 e. The number of benzene rings is 2. The van der Waals surface area contributed by atoms with Crippen LogP contribution in [0.15, 0.2) is 41.2 Å². The van der Waals surface area contributed by atoms with Gasteiger partial charge in [0.05, 0.1) is 24.6 Å². The number of aromatic amines is 1. The molecule has 1 aromatic heterocycles. The van der Waals surface area contributed by atoms with Crippen LogP contribution in [0.25, 0.3) is 15.6 Å². The number of fused-ring (bicyclic) bond motifs is 3. The van der Waals surface area contributed by atoms with E-state index >= 15 is 0 Å². The summed E-state index contributed by atoms with van der Waals surface area (Å²) in [6.45, 7) is 8.00. The fraction of sp³-hybridized carbons (Fsp3) is 0.261. The van der Waals surface area contributed by atoms with Gasteiger partial charge in [-0.05, 0) is 35.7 Å². The van der Waals surface area contributed by atoms with E-state index in [0.29, 0.717) is 36.3 Å². The van der Waals surface area contributed by atoms with Gasteiger partial charge in [0.1, 0.15) is 11.6 Å². The Bertz CT molecular complexity index is 1330. The van der Waals surface area contributed by atoms with E-state index in [4.69, 9.17) is 6.57 Å². The fourth-order valence-electron chi connectivity index (χ4n) is 4.16. The summed E-state index contributed by atoms with van der Waals surface area (Å²) in [5.41, 5.74) is 0.893. The van der Waals surface area contributed by atoms with E-state index in [9.17, 15) is 23.5 Å². The molecule has 3 N–H and O–H groups in total. The molecule has 1 atom stereocenters. The lowest BCUT2D eigenvalue weighted by molar-refractivity contribution is 0.129. The number of nitrogens with one attached hydrogen (secondary N) is 2. The van der Waals surface area contributed by atoms with Gasteiger partial charge >= 0.3 is 6.03 Å². The van der Waals surface area contributed by atoms with Crippen LogP contribution in [0.2, 0.25) is 0 Å². The Hall–Kier alpha value is -3.81. The van der Waals surface area contributed by atoms with Crippen LogP contribution in [0.4, 0.5) is 25.0 Å². The molecule has 2 aromatic carbocycles. The molecular weight excluding hydrogens is 432 g/mol. The normalized spacial score (nSPS) is 15.7. The minimum absolute atomic E-state index is 0.101. The number of rotatable bonds is 4. The Morgan fingerprint density at radius 3 is 2.82 bits per heavy atom. The number of aliphatic hydroxyl groups excluding tert-OH is 1. The number of likely N-dealkylation sites (N-methyl/N-ethyl adjacent to an activating group) is 1. The lowest BCUT2D eigenvalue weighted by Gasteiger charge is -2.39. The van der Waals surface area contributed by atoms with Crippen molar-refractivity contribution in [1.29, 1.82) is 0 Å². The van der Waals surface area contributed by atoms with Gasteiger partial charge in [-0.15, -0.1) is 0 Å². The third kappa shape index (κ3) is 4.28. The number of amides is 2. The van der Waals surface area contributed by atoms with Crippen molar-refractivity contribution in [3.63, 3.8) is 0 Å². The summed E-state index contributed by atoms with van der Waals surface area (Å²) >= 11 is 0. The van der Waals surface area contributed by atoms with Crippen molar-refractivity contribution in [3.05, 3.63) is 81.1 Å². The van der Waals surface area contributed by atoms with Crippen molar-refractivity contribution in [2.45, 2.75) is 12.6 Å². The predicted molar refractivity (Wildman–Crippen MR) is 119 cm³/mol. The Morgan fingerprint density at radius 1 is 1.30 bits per heavy atom. The molecule has 0 fully saturated rings. The van der Waals surface area contributed by atoms with E-state index in [1.807, 2.05) is 4.90 Å². The molecule has 0 saturated carbocycles. The zero-order chi connectivity index (χ0) is 23.7. The highest BCUT2D eigenvalue weighted by Crippen LogP contribution is 2.34. The third-order valence-electron chi connectivity index (χ3n) is 5.77. The number of carbonyl (C=O) groups is 1. The van der Waals surface area contributed by atoms with E-state index in [1.54, 1.807) is 7.05 Å². The van der Waals surface area contributed by atoms with Crippen molar-refractivity contribution in [2.75, 3.05) is 32.1 Å². The second-order valence-corrected chi connectivity index (χ2v) is 7.83. The number of aromatic nitrogens is 1. The average molecular weight is 453 g/mol. The van der Waals surface area contributed by atoms with Crippen LogP contribution in [0.5, 0.6) is 0 Å². The zero-order valence-corrected chi connectivity index (χ0v) is 17.7. The standard InChI is InChI=1S/C23H21F2N5O3/c1-26-18-10-14(4-6-17(18)25)27-23(33)29(2)20-12-30(7-8-31)11-19-21(20)15-5-3-13(24)9-16(15)22(32)28-19/h3-6,9-10,20,31H,7-8,11-12H2,2H3,(H,27,33)(H,28,32). The number of H-pyrrole nitrogens is 1. The zero-order valence-electron chi connectivity index (χ0n) is 17.7. The second kappa shape index (κ2) is 8.97. The lowest BCUT2D eigenvalue weighted by atomic mass is 9.93. The number of anilines is 1. The molecule has 1 aliphatic rings. The molecular formula is C23H21F2N5O3. The topological polar surface area (TPSA) is 93.0 Å². The summed E-state index contributed by atoms with van der Waals surface area (Å²) in [4.78, 5) is 34.9. The first kappa shape index (κ1) is 22.4. The minimum Gasteiger partial charge on any atom is -0.395 e. The first-order valence-corrected chi connectivity index (χ1v) is 10.2. The van der Waals surface area contributed by atoms with E-state index in [0.717, 1.165) is 12.1 Å². The summed E-state index contributed by atoms with van der Waals surface area (Å²) < 4.78 is 27.4. The molecule has 0 saturated heterocycles. The minimum atomic E-state index is -0.681. The van der Waals surface area contributed by atoms with Gasteiger partial charge in [0.15, 0.2) is 0 Å². The van der Waals surface area contributed by atoms with Crippen LogP contribution in [0, 0.1) is 18.2 Å². The number of nitrogens with zero attached hydrogens (tertiary/aromatic N) is 3. The van der Waals surface area contributed by atoms with Gasteiger partial charge in [-0.25, -0.2) is 18.4 Å². The lowest BCUT2D eigenvalue weighted by Crippen LogP contribution is -2.46. The molecule has 0 aliphatic carbocycles. The molecule has 33 heavy (non-hydrogen) atoms. The maximum atomic E-state index is 13.8. The number of halogens is 2. The van der Waals surface area contributed by atoms with Crippen molar-refractivity contribution in [3.8, 4) is 0 Å². The summed E-state index contributed by atoms with van der Waals surface area (Å²) in [7, 11) is 1.58. The Morgan fingerprint density at radius 2 is 2.09 bits per heavy atom. The molecule has 2 heterocycles.